The van der Waals surface area contributed by atoms with Crippen LogP contribution in [0.2, 0.25) is 0 Å². The molecule has 1 fully saturated rings. The SMILES string of the molecule is CCC[N+]1(C)CC(F)C(F)C1. The van der Waals surface area contributed by atoms with Crippen LogP contribution in [0.15, 0.2) is 0 Å². The van der Waals surface area contributed by atoms with Gasteiger partial charge in [0.2, 0.25) is 0 Å². The summed E-state index contributed by atoms with van der Waals surface area (Å²) in [7, 11) is 1.93. The molecule has 1 rings (SSSR count). The first-order valence-corrected chi connectivity index (χ1v) is 4.19. The van der Waals surface area contributed by atoms with Crippen molar-refractivity contribution in [3.63, 3.8) is 0 Å². The highest BCUT2D eigenvalue weighted by atomic mass is 19.2. The third-order valence-electron chi connectivity index (χ3n) is 2.39. The van der Waals surface area contributed by atoms with Crippen LogP contribution in [0.4, 0.5) is 8.78 Å². The van der Waals surface area contributed by atoms with Crippen molar-refractivity contribution < 1.29 is 13.3 Å². The first kappa shape index (κ1) is 8.91. The van der Waals surface area contributed by atoms with Crippen LogP contribution in [0.25, 0.3) is 0 Å². The first-order valence-electron chi connectivity index (χ1n) is 4.19. The minimum atomic E-state index is -1.23. The highest BCUT2D eigenvalue weighted by Crippen LogP contribution is 2.22. The van der Waals surface area contributed by atoms with Crippen molar-refractivity contribution in [2.24, 2.45) is 0 Å². The van der Waals surface area contributed by atoms with Crippen LogP contribution in [-0.4, -0.2) is 43.5 Å². The Morgan fingerprint density at radius 2 is 1.73 bits per heavy atom. The van der Waals surface area contributed by atoms with E-state index >= 15 is 0 Å². The fourth-order valence-corrected chi connectivity index (χ4v) is 1.87. The normalized spacial score (nSPS) is 44.7. The molecule has 66 valence electrons. The van der Waals surface area contributed by atoms with Gasteiger partial charge in [-0.1, -0.05) is 6.92 Å². The van der Waals surface area contributed by atoms with E-state index in [0.29, 0.717) is 17.6 Å². The Labute approximate surface area is 66.6 Å². The van der Waals surface area contributed by atoms with Crippen LogP contribution in [0.1, 0.15) is 13.3 Å². The lowest BCUT2D eigenvalue weighted by Gasteiger charge is -2.27. The number of alkyl halides is 2. The lowest BCUT2D eigenvalue weighted by atomic mass is 10.3. The van der Waals surface area contributed by atoms with Crippen LogP contribution < -0.4 is 0 Å². The van der Waals surface area contributed by atoms with Gasteiger partial charge < -0.3 is 4.48 Å². The molecule has 2 atom stereocenters. The summed E-state index contributed by atoms with van der Waals surface area (Å²) < 4.78 is 26.1. The molecule has 0 saturated carbocycles. The summed E-state index contributed by atoms with van der Waals surface area (Å²) in [5, 5.41) is 0. The molecule has 1 saturated heterocycles. The predicted molar refractivity (Wildman–Crippen MR) is 40.9 cm³/mol. The molecule has 0 N–H and O–H groups in total. The van der Waals surface area contributed by atoms with Crippen molar-refractivity contribution in [3.8, 4) is 0 Å². The standard InChI is InChI=1S/C8H16F2N/c1-3-4-11(2)5-7(9)8(10)6-11/h7-8H,3-6H2,1-2H3/q+1. The van der Waals surface area contributed by atoms with Crippen molar-refractivity contribution in [2.75, 3.05) is 26.7 Å². The van der Waals surface area contributed by atoms with Crippen molar-refractivity contribution in [3.05, 3.63) is 0 Å². The zero-order valence-corrected chi connectivity index (χ0v) is 7.19. The number of halogens is 2. The highest BCUT2D eigenvalue weighted by molar-refractivity contribution is 4.74. The molecule has 0 amide bonds. The average molecular weight is 164 g/mol. The van der Waals surface area contributed by atoms with Gasteiger partial charge >= 0.3 is 0 Å². The molecule has 0 aromatic heterocycles. The molecule has 0 bridgehead atoms. The summed E-state index contributed by atoms with van der Waals surface area (Å²) >= 11 is 0. The molecule has 0 aliphatic carbocycles. The van der Waals surface area contributed by atoms with Gasteiger partial charge in [0.15, 0.2) is 12.3 Å². The maximum absolute atomic E-state index is 12.7. The second-order valence-electron chi connectivity index (χ2n) is 3.74. The Balaban J connectivity index is 2.49. The van der Waals surface area contributed by atoms with Gasteiger partial charge in [-0.25, -0.2) is 8.78 Å². The maximum Gasteiger partial charge on any atom is 0.185 e. The van der Waals surface area contributed by atoms with Gasteiger partial charge in [0.25, 0.3) is 0 Å². The Kier molecular flexibility index (Phi) is 2.47. The van der Waals surface area contributed by atoms with Crippen LogP contribution in [0.3, 0.4) is 0 Å². The molecule has 0 radical (unpaired) electrons. The zero-order chi connectivity index (χ0) is 8.48. The number of likely N-dealkylation sites (tertiary alicyclic amines) is 1. The third kappa shape index (κ3) is 1.89. The van der Waals surface area contributed by atoms with E-state index in [1.807, 2.05) is 14.0 Å². The number of hydrogen-bond donors (Lipinski definition) is 0. The van der Waals surface area contributed by atoms with E-state index in [9.17, 15) is 8.78 Å². The van der Waals surface area contributed by atoms with Crippen LogP contribution in [-0.2, 0) is 0 Å². The fourth-order valence-electron chi connectivity index (χ4n) is 1.87. The first-order chi connectivity index (χ1) is 5.07. The predicted octanol–water partition coefficient (Wildman–Crippen LogP) is 1.53. The second kappa shape index (κ2) is 3.05. The molecule has 1 nitrogen and oxygen atoms in total. The van der Waals surface area contributed by atoms with Gasteiger partial charge in [0.05, 0.1) is 13.6 Å². The van der Waals surface area contributed by atoms with Gasteiger partial charge in [-0.3, -0.25) is 0 Å². The summed E-state index contributed by atoms with van der Waals surface area (Å²) in [6, 6.07) is 0. The van der Waals surface area contributed by atoms with Gasteiger partial charge in [-0.15, -0.1) is 0 Å². The summed E-state index contributed by atoms with van der Waals surface area (Å²) in [6.07, 6.45) is -1.46. The molecule has 1 aliphatic heterocycles. The van der Waals surface area contributed by atoms with Gasteiger partial charge in [-0.2, -0.15) is 0 Å². The average Bonchev–Trinajstić information content (AvgIpc) is 2.08. The van der Waals surface area contributed by atoms with E-state index in [1.54, 1.807) is 0 Å². The molecular weight excluding hydrogens is 148 g/mol. The molecule has 1 heterocycles. The van der Waals surface area contributed by atoms with Gasteiger partial charge in [-0.05, 0) is 6.42 Å². The monoisotopic (exact) mass is 164 g/mol. The van der Waals surface area contributed by atoms with E-state index in [-0.39, 0.29) is 0 Å². The lowest BCUT2D eigenvalue weighted by Crippen LogP contribution is -2.42. The molecule has 3 heteroatoms. The number of rotatable bonds is 2. The van der Waals surface area contributed by atoms with E-state index in [4.69, 9.17) is 0 Å². The largest absolute Gasteiger partial charge is 0.321 e. The minimum Gasteiger partial charge on any atom is -0.321 e. The van der Waals surface area contributed by atoms with Gasteiger partial charge in [0.1, 0.15) is 13.1 Å². The summed E-state index contributed by atoms with van der Waals surface area (Å²) in [5.74, 6) is 0. The minimum absolute atomic E-state index is 0.356. The molecule has 0 spiro atoms. The van der Waals surface area contributed by atoms with Crippen molar-refractivity contribution in [1.82, 2.24) is 0 Å². The van der Waals surface area contributed by atoms with E-state index in [2.05, 4.69) is 0 Å². The van der Waals surface area contributed by atoms with Crippen molar-refractivity contribution in [1.29, 1.82) is 0 Å². The molecule has 2 unspecified atom stereocenters. The summed E-state index contributed by atoms with van der Waals surface area (Å²) in [5.41, 5.74) is 0. The number of hydrogen-bond acceptors (Lipinski definition) is 0. The molecular formula is C8H16F2N+. The van der Waals surface area contributed by atoms with Gasteiger partial charge in [0, 0.05) is 0 Å². The highest BCUT2D eigenvalue weighted by Gasteiger charge is 2.42. The van der Waals surface area contributed by atoms with Crippen LogP contribution in [0.5, 0.6) is 0 Å². The Morgan fingerprint density at radius 3 is 2.09 bits per heavy atom. The Bertz CT molecular complexity index is 128. The Morgan fingerprint density at radius 1 is 1.27 bits per heavy atom. The number of nitrogens with zero attached hydrogens (tertiary/aromatic N) is 1. The molecule has 0 aromatic carbocycles. The third-order valence-corrected chi connectivity index (χ3v) is 2.39. The quantitative estimate of drug-likeness (QED) is 0.543. The fraction of sp³-hybridized carbons (Fsp3) is 1.00. The topological polar surface area (TPSA) is 0 Å². The molecule has 1 aliphatic rings. The van der Waals surface area contributed by atoms with Crippen LogP contribution >= 0.6 is 0 Å². The van der Waals surface area contributed by atoms with Crippen molar-refractivity contribution in [2.45, 2.75) is 25.7 Å². The Hall–Kier alpha value is -0.180. The van der Waals surface area contributed by atoms with Crippen molar-refractivity contribution >= 4 is 0 Å². The van der Waals surface area contributed by atoms with Crippen LogP contribution in [0, 0.1) is 0 Å². The summed E-state index contributed by atoms with van der Waals surface area (Å²) in [4.78, 5) is 0. The number of quaternary nitrogens is 1. The maximum atomic E-state index is 12.7. The van der Waals surface area contributed by atoms with E-state index < -0.39 is 12.3 Å². The van der Waals surface area contributed by atoms with E-state index in [0.717, 1.165) is 13.0 Å². The second-order valence-corrected chi connectivity index (χ2v) is 3.74. The molecule has 11 heavy (non-hydrogen) atoms. The lowest BCUT2D eigenvalue weighted by molar-refractivity contribution is -0.899. The summed E-state index contributed by atoms with van der Waals surface area (Å²) in [6.45, 7) is 3.65. The smallest absolute Gasteiger partial charge is 0.185 e. The molecule has 0 aromatic rings. The van der Waals surface area contributed by atoms with E-state index in [1.165, 1.54) is 0 Å². The zero-order valence-electron chi connectivity index (χ0n) is 7.19.